The Bertz CT molecular complexity index is 806. The molecule has 0 spiro atoms. The molecule has 0 saturated carbocycles. The van der Waals surface area contributed by atoms with Gasteiger partial charge in [0, 0.05) is 18.6 Å². The van der Waals surface area contributed by atoms with E-state index in [-0.39, 0.29) is 11.9 Å². The molecule has 25 heavy (non-hydrogen) atoms. The van der Waals surface area contributed by atoms with E-state index in [1.165, 1.54) is 12.4 Å². The van der Waals surface area contributed by atoms with E-state index in [0.29, 0.717) is 18.1 Å². The number of pyridine rings is 1. The fourth-order valence-corrected chi connectivity index (χ4v) is 2.31. The van der Waals surface area contributed by atoms with E-state index in [1.807, 2.05) is 55.5 Å². The maximum absolute atomic E-state index is 12.1. The minimum atomic E-state index is -0.228. The van der Waals surface area contributed by atoms with Gasteiger partial charge in [-0.3, -0.25) is 9.78 Å². The molecule has 1 atom stereocenters. The molecule has 0 fully saturated rings. The Morgan fingerprint density at radius 2 is 1.72 bits per heavy atom. The molecule has 1 unspecified atom stereocenters. The van der Waals surface area contributed by atoms with E-state index in [1.54, 1.807) is 6.20 Å². The summed E-state index contributed by atoms with van der Waals surface area (Å²) in [4.78, 5) is 24.7. The van der Waals surface area contributed by atoms with Crippen LogP contribution in [0.15, 0.2) is 67.1 Å². The highest BCUT2D eigenvalue weighted by molar-refractivity contribution is 5.93. The van der Waals surface area contributed by atoms with E-state index in [4.69, 9.17) is 0 Å². The van der Waals surface area contributed by atoms with Crippen molar-refractivity contribution in [1.82, 2.24) is 20.3 Å². The monoisotopic (exact) mass is 333 g/mol. The van der Waals surface area contributed by atoms with Crippen LogP contribution in [0.25, 0.3) is 0 Å². The topological polar surface area (TPSA) is 79.8 Å². The summed E-state index contributed by atoms with van der Waals surface area (Å²) in [5, 5.41) is 6.02. The van der Waals surface area contributed by atoms with Crippen molar-refractivity contribution in [3.63, 3.8) is 0 Å². The first-order chi connectivity index (χ1) is 12.2. The second-order valence-corrected chi connectivity index (χ2v) is 5.58. The van der Waals surface area contributed by atoms with Gasteiger partial charge < -0.3 is 10.6 Å². The zero-order valence-corrected chi connectivity index (χ0v) is 13.9. The molecule has 3 aromatic rings. The highest BCUT2D eigenvalue weighted by atomic mass is 16.1. The van der Waals surface area contributed by atoms with Gasteiger partial charge in [-0.15, -0.1) is 0 Å². The molecule has 6 heteroatoms. The number of rotatable bonds is 6. The van der Waals surface area contributed by atoms with Crippen molar-refractivity contribution in [1.29, 1.82) is 0 Å². The molecule has 3 rings (SSSR count). The lowest BCUT2D eigenvalue weighted by Crippen LogP contribution is -2.23. The second-order valence-electron chi connectivity index (χ2n) is 5.58. The van der Waals surface area contributed by atoms with Crippen LogP contribution in [0.4, 0.5) is 5.95 Å². The van der Waals surface area contributed by atoms with Crippen molar-refractivity contribution in [2.75, 3.05) is 5.32 Å². The second kappa shape index (κ2) is 8.01. The number of aromatic nitrogens is 3. The molecule has 2 heterocycles. The molecule has 6 nitrogen and oxygen atoms in total. The van der Waals surface area contributed by atoms with Crippen LogP contribution in [0.1, 0.15) is 34.6 Å². The highest BCUT2D eigenvalue weighted by Crippen LogP contribution is 2.15. The van der Waals surface area contributed by atoms with Gasteiger partial charge in [-0.25, -0.2) is 9.97 Å². The van der Waals surface area contributed by atoms with Crippen molar-refractivity contribution >= 4 is 11.9 Å². The van der Waals surface area contributed by atoms with Crippen LogP contribution < -0.4 is 10.6 Å². The van der Waals surface area contributed by atoms with E-state index >= 15 is 0 Å². The molecule has 0 saturated heterocycles. The number of amides is 1. The first-order valence-corrected chi connectivity index (χ1v) is 8.04. The van der Waals surface area contributed by atoms with Crippen molar-refractivity contribution in [2.45, 2.75) is 19.5 Å². The number of nitrogens with one attached hydrogen (secondary N) is 2. The van der Waals surface area contributed by atoms with E-state index in [2.05, 4.69) is 25.6 Å². The number of carbonyl (C=O) groups is 1. The van der Waals surface area contributed by atoms with E-state index in [0.717, 1.165) is 11.3 Å². The summed E-state index contributed by atoms with van der Waals surface area (Å²) in [5.74, 6) is 0.256. The number of hydrogen-bond acceptors (Lipinski definition) is 5. The van der Waals surface area contributed by atoms with Gasteiger partial charge in [0.25, 0.3) is 5.91 Å². The maximum Gasteiger partial charge on any atom is 0.254 e. The van der Waals surface area contributed by atoms with E-state index < -0.39 is 0 Å². The third-order valence-corrected chi connectivity index (χ3v) is 3.72. The minimum Gasteiger partial charge on any atom is -0.348 e. The Labute approximate surface area is 146 Å². The quantitative estimate of drug-likeness (QED) is 0.725. The largest absolute Gasteiger partial charge is 0.348 e. The highest BCUT2D eigenvalue weighted by Gasteiger charge is 2.09. The standard InChI is InChI=1S/C19H19N5O/c1-14(15-7-3-2-4-8-15)24-19-22-11-16(12-23-19)18(25)21-13-17-9-5-6-10-20-17/h2-12,14H,13H2,1H3,(H,21,25)(H,22,23,24). The lowest BCUT2D eigenvalue weighted by molar-refractivity contribution is 0.0949. The van der Waals surface area contributed by atoms with Gasteiger partial charge in [-0.2, -0.15) is 0 Å². The molecule has 1 aromatic carbocycles. The average Bonchev–Trinajstić information content (AvgIpc) is 2.68. The third kappa shape index (κ3) is 4.60. The molecular formula is C19H19N5O. The Balaban J connectivity index is 1.57. The minimum absolute atomic E-state index is 0.0741. The van der Waals surface area contributed by atoms with Crippen LogP contribution in [-0.2, 0) is 6.54 Å². The maximum atomic E-state index is 12.1. The van der Waals surface area contributed by atoms with Crippen molar-refractivity contribution in [2.24, 2.45) is 0 Å². The first-order valence-electron chi connectivity index (χ1n) is 8.04. The predicted octanol–water partition coefficient (Wildman–Crippen LogP) is 2.97. The van der Waals surface area contributed by atoms with Crippen LogP contribution in [0.2, 0.25) is 0 Å². The average molecular weight is 333 g/mol. The third-order valence-electron chi connectivity index (χ3n) is 3.72. The first kappa shape index (κ1) is 16.6. The van der Waals surface area contributed by atoms with E-state index in [9.17, 15) is 4.79 Å². The van der Waals surface area contributed by atoms with Crippen LogP contribution in [-0.4, -0.2) is 20.9 Å². The Kier molecular flexibility index (Phi) is 5.31. The fraction of sp³-hybridized carbons (Fsp3) is 0.158. The summed E-state index contributed by atoms with van der Waals surface area (Å²) in [6, 6.07) is 15.7. The van der Waals surface area contributed by atoms with Gasteiger partial charge in [0.2, 0.25) is 5.95 Å². The Morgan fingerprint density at radius 3 is 2.40 bits per heavy atom. The van der Waals surface area contributed by atoms with Crippen LogP contribution in [0, 0.1) is 0 Å². The SMILES string of the molecule is CC(Nc1ncc(C(=O)NCc2ccccn2)cn1)c1ccccc1. The molecule has 0 radical (unpaired) electrons. The van der Waals surface area contributed by atoms with Gasteiger partial charge in [-0.05, 0) is 24.6 Å². The van der Waals surface area contributed by atoms with Crippen molar-refractivity contribution in [3.8, 4) is 0 Å². The normalized spacial score (nSPS) is 11.6. The summed E-state index contributed by atoms with van der Waals surface area (Å²) in [7, 11) is 0. The lowest BCUT2D eigenvalue weighted by atomic mass is 10.1. The summed E-state index contributed by atoms with van der Waals surface area (Å²) in [6.07, 6.45) is 4.72. The molecule has 0 aliphatic carbocycles. The molecule has 2 aromatic heterocycles. The van der Waals surface area contributed by atoms with Crippen LogP contribution in [0.3, 0.4) is 0 Å². The molecule has 2 N–H and O–H groups in total. The number of anilines is 1. The summed E-state index contributed by atoms with van der Waals surface area (Å²) in [5.41, 5.74) is 2.35. The van der Waals surface area contributed by atoms with Crippen molar-refractivity contribution < 1.29 is 4.79 Å². The summed E-state index contributed by atoms with van der Waals surface area (Å²) >= 11 is 0. The lowest BCUT2D eigenvalue weighted by Gasteiger charge is -2.14. The molecule has 126 valence electrons. The molecule has 0 bridgehead atoms. The number of benzene rings is 1. The molecule has 1 amide bonds. The smallest absolute Gasteiger partial charge is 0.254 e. The Morgan fingerprint density at radius 1 is 1.00 bits per heavy atom. The van der Waals surface area contributed by atoms with Crippen LogP contribution in [0.5, 0.6) is 0 Å². The predicted molar refractivity (Wildman–Crippen MR) is 95.9 cm³/mol. The summed E-state index contributed by atoms with van der Waals surface area (Å²) < 4.78 is 0. The number of nitrogens with zero attached hydrogens (tertiary/aromatic N) is 3. The zero-order valence-electron chi connectivity index (χ0n) is 13.9. The van der Waals surface area contributed by atoms with Gasteiger partial charge in [0.1, 0.15) is 0 Å². The van der Waals surface area contributed by atoms with Crippen molar-refractivity contribution in [3.05, 3.63) is 83.9 Å². The summed E-state index contributed by atoms with van der Waals surface area (Å²) in [6.45, 7) is 2.40. The number of hydrogen-bond donors (Lipinski definition) is 2. The molecule has 0 aliphatic heterocycles. The molecule has 0 aliphatic rings. The van der Waals surface area contributed by atoms with Gasteiger partial charge >= 0.3 is 0 Å². The fourth-order valence-electron chi connectivity index (χ4n) is 2.31. The molecular weight excluding hydrogens is 314 g/mol. The van der Waals surface area contributed by atoms with Crippen LogP contribution >= 0.6 is 0 Å². The van der Waals surface area contributed by atoms with Gasteiger partial charge in [0.05, 0.1) is 23.8 Å². The Hall–Kier alpha value is -3.28. The van der Waals surface area contributed by atoms with Gasteiger partial charge in [-0.1, -0.05) is 36.4 Å². The zero-order chi connectivity index (χ0) is 17.5. The van der Waals surface area contributed by atoms with Gasteiger partial charge in [0.15, 0.2) is 0 Å². The number of carbonyl (C=O) groups excluding carboxylic acids is 1.